The normalized spacial score (nSPS) is 11.1. The van der Waals surface area contributed by atoms with Crippen LogP contribution in [-0.2, 0) is 0 Å². The first-order valence-corrected chi connectivity index (χ1v) is 7.63. The summed E-state index contributed by atoms with van der Waals surface area (Å²) in [6, 6.07) is 13.3. The van der Waals surface area contributed by atoms with Gasteiger partial charge in [0, 0.05) is 19.8 Å². The summed E-state index contributed by atoms with van der Waals surface area (Å²) in [5, 5.41) is 0.513. The van der Waals surface area contributed by atoms with Gasteiger partial charge in [0.1, 0.15) is 17.6 Å². The first-order chi connectivity index (χ1) is 11.6. The number of ether oxygens (including phenoxy) is 1. The number of benzene rings is 2. The van der Waals surface area contributed by atoms with E-state index >= 15 is 0 Å². The van der Waals surface area contributed by atoms with Gasteiger partial charge in [-0.05, 0) is 42.0 Å². The van der Waals surface area contributed by atoms with Crippen molar-refractivity contribution in [1.82, 2.24) is 0 Å². The molecule has 0 radical (unpaired) electrons. The Morgan fingerprint density at radius 1 is 1.04 bits per heavy atom. The molecule has 0 aliphatic carbocycles. The summed E-state index contributed by atoms with van der Waals surface area (Å²) < 4.78 is 10.7. The standard InChI is InChI=1S/C20H19NO3/c1-21(2)16-8-5-14(6-9-16)4-7-15-13-24-19-11-10-17(23-3)12-18(19)20(15)22/h4-13H,1-3H3/b7-4+. The second-order valence-electron chi connectivity index (χ2n) is 5.70. The van der Waals surface area contributed by atoms with E-state index in [1.54, 1.807) is 31.4 Å². The molecule has 0 bridgehead atoms. The van der Waals surface area contributed by atoms with Crippen molar-refractivity contribution in [3.8, 4) is 5.75 Å². The maximum absolute atomic E-state index is 12.6. The Balaban J connectivity index is 1.94. The van der Waals surface area contributed by atoms with Crippen LogP contribution in [0.15, 0.2) is 57.9 Å². The van der Waals surface area contributed by atoms with Gasteiger partial charge in [0.05, 0.1) is 18.1 Å². The molecular weight excluding hydrogens is 302 g/mol. The fraction of sp³-hybridized carbons (Fsp3) is 0.150. The van der Waals surface area contributed by atoms with Gasteiger partial charge >= 0.3 is 0 Å². The minimum atomic E-state index is -0.0729. The number of hydrogen-bond acceptors (Lipinski definition) is 4. The molecule has 3 rings (SSSR count). The Hall–Kier alpha value is -3.01. The van der Waals surface area contributed by atoms with E-state index in [4.69, 9.17) is 9.15 Å². The van der Waals surface area contributed by atoms with Crippen LogP contribution in [0.3, 0.4) is 0 Å². The summed E-state index contributed by atoms with van der Waals surface area (Å²) in [5.74, 6) is 0.634. The number of fused-ring (bicyclic) bond motifs is 1. The number of nitrogens with zero attached hydrogens (tertiary/aromatic N) is 1. The van der Waals surface area contributed by atoms with Crippen molar-refractivity contribution < 1.29 is 9.15 Å². The van der Waals surface area contributed by atoms with Crippen LogP contribution in [0.5, 0.6) is 5.75 Å². The van der Waals surface area contributed by atoms with Gasteiger partial charge in [-0.2, -0.15) is 0 Å². The van der Waals surface area contributed by atoms with Crippen molar-refractivity contribution in [1.29, 1.82) is 0 Å². The van der Waals surface area contributed by atoms with E-state index in [1.165, 1.54) is 6.26 Å². The number of methoxy groups -OCH3 is 1. The van der Waals surface area contributed by atoms with Gasteiger partial charge in [0.2, 0.25) is 0 Å². The largest absolute Gasteiger partial charge is 0.497 e. The molecule has 0 spiro atoms. The van der Waals surface area contributed by atoms with Gasteiger partial charge in [0.15, 0.2) is 5.43 Å². The zero-order valence-electron chi connectivity index (χ0n) is 13.9. The molecule has 3 aromatic rings. The minimum Gasteiger partial charge on any atom is -0.497 e. The van der Waals surface area contributed by atoms with Crippen LogP contribution < -0.4 is 15.1 Å². The Morgan fingerprint density at radius 2 is 1.79 bits per heavy atom. The van der Waals surface area contributed by atoms with E-state index in [2.05, 4.69) is 0 Å². The Morgan fingerprint density at radius 3 is 2.46 bits per heavy atom. The monoisotopic (exact) mass is 321 g/mol. The maximum Gasteiger partial charge on any atom is 0.200 e. The van der Waals surface area contributed by atoms with Crippen LogP contribution in [0.2, 0.25) is 0 Å². The Kier molecular flexibility index (Phi) is 4.38. The first-order valence-electron chi connectivity index (χ1n) is 7.63. The average Bonchev–Trinajstić information content (AvgIpc) is 2.61. The average molecular weight is 321 g/mol. The smallest absolute Gasteiger partial charge is 0.200 e. The highest BCUT2D eigenvalue weighted by Crippen LogP contribution is 2.19. The molecule has 0 fully saturated rings. The van der Waals surface area contributed by atoms with E-state index in [9.17, 15) is 4.79 Å². The lowest BCUT2D eigenvalue weighted by Crippen LogP contribution is -2.07. The molecule has 0 aliphatic rings. The SMILES string of the molecule is COc1ccc2occ(/C=C/c3ccc(N(C)C)cc3)c(=O)c2c1. The molecule has 0 amide bonds. The number of rotatable bonds is 4. The molecule has 0 saturated carbocycles. The van der Waals surface area contributed by atoms with Crippen LogP contribution in [0.4, 0.5) is 5.69 Å². The second kappa shape index (κ2) is 6.62. The summed E-state index contributed by atoms with van der Waals surface area (Å²) in [7, 11) is 5.57. The molecule has 0 saturated heterocycles. The molecule has 0 aliphatic heterocycles. The molecule has 24 heavy (non-hydrogen) atoms. The molecule has 122 valence electrons. The van der Waals surface area contributed by atoms with E-state index in [-0.39, 0.29) is 5.43 Å². The molecule has 2 aromatic carbocycles. The van der Waals surface area contributed by atoms with Crippen LogP contribution >= 0.6 is 0 Å². The summed E-state index contributed by atoms with van der Waals surface area (Å²) >= 11 is 0. The lowest BCUT2D eigenvalue weighted by Gasteiger charge is -2.11. The predicted octanol–water partition coefficient (Wildman–Crippen LogP) is 4.04. The third kappa shape index (κ3) is 3.18. The fourth-order valence-corrected chi connectivity index (χ4v) is 2.44. The fourth-order valence-electron chi connectivity index (χ4n) is 2.44. The van der Waals surface area contributed by atoms with Gasteiger partial charge < -0.3 is 14.1 Å². The van der Waals surface area contributed by atoms with E-state index in [1.807, 2.05) is 49.3 Å². The highest BCUT2D eigenvalue weighted by Gasteiger charge is 2.06. The molecule has 0 atom stereocenters. The lowest BCUT2D eigenvalue weighted by atomic mass is 10.1. The van der Waals surface area contributed by atoms with Crippen LogP contribution in [0, 0.1) is 0 Å². The molecule has 4 nitrogen and oxygen atoms in total. The maximum atomic E-state index is 12.6. The van der Waals surface area contributed by atoms with Gasteiger partial charge in [-0.1, -0.05) is 18.2 Å². The van der Waals surface area contributed by atoms with Gasteiger partial charge in [-0.15, -0.1) is 0 Å². The van der Waals surface area contributed by atoms with Gasteiger partial charge in [0.25, 0.3) is 0 Å². The van der Waals surface area contributed by atoms with Gasteiger partial charge in [-0.3, -0.25) is 4.79 Å². The van der Waals surface area contributed by atoms with Gasteiger partial charge in [-0.25, -0.2) is 0 Å². The third-order valence-electron chi connectivity index (χ3n) is 3.87. The van der Waals surface area contributed by atoms with E-state index in [0.717, 1.165) is 11.3 Å². The molecule has 1 aromatic heterocycles. The highest BCUT2D eigenvalue weighted by atomic mass is 16.5. The van der Waals surface area contributed by atoms with Crippen LogP contribution in [0.25, 0.3) is 23.1 Å². The topological polar surface area (TPSA) is 42.7 Å². The zero-order chi connectivity index (χ0) is 17.1. The molecule has 0 N–H and O–H groups in total. The van der Waals surface area contributed by atoms with Crippen molar-refractivity contribution in [2.24, 2.45) is 0 Å². The second-order valence-corrected chi connectivity index (χ2v) is 5.70. The van der Waals surface area contributed by atoms with E-state index < -0.39 is 0 Å². The van der Waals surface area contributed by atoms with E-state index in [0.29, 0.717) is 22.3 Å². The third-order valence-corrected chi connectivity index (χ3v) is 3.87. The van der Waals surface area contributed by atoms with Crippen LogP contribution in [-0.4, -0.2) is 21.2 Å². The summed E-state index contributed by atoms with van der Waals surface area (Å²) in [5.41, 5.74) is 3.13. The molecule has 0 unspecified atom stereocenters. The Bertz CT molecular complexity index is 937. The predicted molar refractivity (Wildman–Crippen MR) is 98.7 cm³/mol. The van der Waals surface area contributed by atoms with Crippen molar-refractivity contribution in [3.05, 3.63) is 70.1 Å². The quantitative estimate of drug-likeness (QED) is 0.727. The first kappa shape index (κ1) is 15.9. The molecular formula is C20H19NO3. The lowest BCUT2D eigenvalue weighted by molar-refractivity contribution is 0.415. The summed E-state index contributed by atoms with van der Waals surface area (Å²) in [4.78, 5) is 14.6. The summed E-state index contributed by atoms with van der Waals surface area (Å²) in [6.07, 6.45) is 5.16. The minimum absolute atomic E-state index is 0.0729. The molecule has 1 heterocycles. The van der Waals surface area contributed by atoms with Crippen molar-refractivity contribution in [2.75, 3.05) is 26.1 Å². The summed E-state index contributed by atoms with van der Waals surface area (Å²) in [6.45, 7) is 0. The number of hydrogen-bond donors (Lipinski definition) is 0. The van der Waals surface area contributed by atoms with Crippen molar-refractivity contribution >= 4 is 28.8 Å². The Labute approximate surface area is 140 Å². The zero-order valence-corrected chi connectivity index (χ0v) is 13.9. The van der Waals surface area contributed by atoms with Crippen molar-refractivity contribution in [3.63, 3.8) is 0 Å². The van der Waals surface area contributed by atoms with Crippen molar-refractivity contribution in [2.45, 2.75) is 0 Å². The number of anilines is 1. The van der Waals surface area contributed by atoms with Crippen LogP contribution in [0.1, 0.15) is 11.1 Å². The highest BCUT2D eigenvalue weighted by molar-refractivity contribution is 5.81. The molecule has 4 heteroatoms.